The Morgan fingerprint density at radius 1 is 1.10 bits per heavy atom. The van der Waals surface area contributed by atoms with Crippen molar-refractivity contribution in [3.8, 4) is 11.5 Å². The van der Waals surface area contributed by atoms with Gasteiger partial charge in [-0.3, -0.25) is 4.79 Å². The number of hydrogen-bond acceptors (Lipinski definition) is 3. The molecule has 0 amide bonds. The van der Waals surface area contributed by atoms with Crippen molar-refractivity contribution in [3.63, 3.8) is 0 Å². The number of hydrogen-bond donors (Lipinski definition) is 0. The van der Waals surface area contributed by atoms with Crippen LogP contribution < -0.4 is 9.47 Å². The molecule has 0 fully saturated rings. The molecule has 104 valence electrons. The fraction of sp³-hybridized carbons (Fsp3) is 0.235. The van der Waals surface area contributed by atoms with E-state index in [4.69, 9.17) is 9.47 Å². The molecule has 0 N–H and O–H groups in total. The Morgan fingerprint density at radius 2 is 1.85 bits per heavy atom. The van der Waals surface area contributed by atoms with Gasteiger partial charge in [0.1, 0.15) is 24.4 Å². The first-order valence-corrected chi connectivity index (χ1v) is 6.60. The van der Waals surface area contributed by atoms with Gasteiger partial charge >= 0.3 is 0 Å². The summed E-state index contributed by atoms with van der Waals surface area (Å²) in [5.74, 6) is 1.53. The Morgan fingerprint density at radius 3 is 2.45 bits per heavy atom. The van der Waals surface area contributed by atoms with Gasteiger partial charge in [-0.1, -0.05) is 19.1 Å². The van der Waals surface area contributed by atoms with Crippen molar-refractivity contribution in [3.05, 3.63) is 59.2 Å². The van der Waals surface area contributed by atoms with Crippen molar-refractivity contribution < 1.29 is 14.3 Å². The molecule has 3 heteroatoms. The number of benzene rings is 2. The molecule has 2 aromatic rings. The fourth-order valence-electron chi connectivity index (χ4n) is 1.97. The van der Waals surface area contributed by atoms with Crippen LogP contribution in [-0.4, -0.2) is 13.4 Å². The average molecular weight is 270 g/mol. The van der Waals surface area contributed by atoms with Gasteiger partial charge in [-0.15, -0.1) is 0 Å². The Balaban J connectivity index is 2.10. The van der Waals surface area contributed by atoms with Gasteiger partial charge in [0.15, 0.2) is 0 Å². The molecule has 0 spiro atoms. The monoisotopic (exact) mass is 270 g/mol. The van der Waals surface area contributed by atoms with Crippen LogP contribution in [0.25, 0.3) is 0 Å². The minimum absolute atomic E-state index is 0.371. The lowest BCUT2D eigenvalue weighted by Crippen LogP contribution is -2.00. The van der Waals surface area contributed by atoms with E-state index < -0.39 is 0 Å². The van der Waals surface area contributed by atoms with Crippen LogP contribution in [0.15, 0.2) is 42.5 Å². The predicted octanol–water partition coefficient (Wildman–Crippen LogP) is 3.65. The summed E-state index contributed by atoms with van der Waals surface area (Å²) in [6, 6.07) is 13.3. The lowest BCUT2D eigenvalue weighted by Gasteiger charge is -2.11. The van der Waals surface area contributed by atoms with Crippen LogP contribution in [0.5, 0.6) is 11.5 Å². The van der Waals surface area contributed by atoms with E-state index in [1.807, 2.05) is 12.1 Å². The Bertz CT molecular complexity index is 573. The molecular formula is C17H18O3. The van der Waals surface area contributed by atoms with E-state index in [9.17, 15) is 4.79 Å². The van der Waals surface area contributed by atoms with Gasteiger partial charge in [-0.25, -0.2) is 0 Å². The SMILES string of the molecule is CCc1ccc(OCc2cc(C=O)ccc2OC)cc1. The van der Waals surface area contributed by atoms with E-state index in [1.165, 1.54) is 5.56 Å². The van der Waals surface area contributed by atoms with E-state index >= 15 is 0 Å². The Labute approximate surface area is 119 Å². The number of rotatable bonds is 6. The van der Waals surface area contributed by atoms with Crippen molar-refractivity contribution >= 4 is 6.29 Å². The molecule has 0 unspecified atom stereocenters. The highest BCUT2D eigenvalue weighted by Gasteiger charge is 2.05. The maximum Gasteiger partial charge on any atom is 0.150 e. The number of carbonyl (C=O) groups is 1. The minimum Gasteiger partial charge on any atom is -0.496 e. The summed E-state index contributed by atoms with van der Waals surface area (Å²) in [6.07, 6.45) is 1.83. The number of aldehydes is 1. The molecule has 3 nitrogen and oxygen atoms in total. The van der Waals surface area contributed by atoms with Crippen molar-refractivity contribution in [2.45, 2.75) is 20.0 Å². The molecule has 2 rings (SSSR count). The normalized spacial score (nSPS) is 10.1. The second-order valence-corrected chi connectivity index (χ2v) is 4.48. The summed E-state index contributed by atoms with van der Waals surface area (Å²) >= 11 is 0. The average Bonchev–Trinajstić information content (AvgIpc) is 2.53. The second-order valence-electron chi connectivity index (χ2n) is 4.48. The Hall–Kier alpha value is -2.29. The highest BCUT2D eigenvalue weighted by molar-refractivity contribution is 5.75. The minimum atomic E-state index is 0.371. The molecule has 0 bridgehead atoms. The maximum atomic E-state index is 10.8. The first kappa shape index (κ1) is 14.1. The smallest absolute Gasteiger partial charge is 0.150 e. The van der Waals surface area contributed by atoms with Crippen LogP contribution in [-0.2, 0) is 13.0 Å². The molecule has 20 heavy (non-hydrogen) atoms. The van der Waals surface area contributed by atoms with Gasteiger partial charge in [0.2, 0.25) is 0 Å². The van der Waals surface area contributed by atoms with Crippen molar-refractivity contribution in [1.29, 1.82) is 0 Å². The van der Waals surface area contributed by atoms with Gasteiger partial charge in [-0.2, -0.15) is 0 Å². The maximum absolute atomic E-state index is 10.8. The van der Waals surface area contributed by atoms with Crippen molar-refractivity contribution in [2.75, 3.05) is 7.11 Å². The van der Waals surface area contributed by atoms with Crippen LogP contribution in [0.2, 0.25) is 0 Å². The standard InChI is InChI=1S/C17H18O3/c1-3-13-4-7-16(8-5-13)20-12-15-10-14(11-18)6-9-17(15)19-2/h4-11H,3,12H2,1-2H3. The molecule has 0 aliphatic carbocycles. The molecule has 0 saturated carbocycles. The lowest BCUT2D eigenvalue weighted by molar-refractivity contribution is 0.112. The van der Waals surface area contributed by atoms with E-state index in [-0.39, 0.29) is 0 Å². The predicted molar refractivity (Wildman–Crippen MR) is 78.5 cm³/mol. The largest absolute Gasteiger partial charge is 0.496 e. The van der Waals surface area contributed by atoms with Gasteiger partial charge in [0.25, 0.3) is 0 Å². The molecule has 0 saturated heterocycles. The van der Waals surface area contributed by atoms with Crippen molar-refractivity contribution in [2.24, 2.45) is 0 Å². The third kappa shape index (κ3) is 3.38. The molecule has 0 aromatic heterocycles. The zero-order chi connectivity index (χ0) is 14.4. The first-order valence-electron chi connectivity index (χ1n) is 6.60. The molecule has 0 heterocycles. The molecule has 2 aromatic carbocycles. The highest BCUT2D eigenvalue weighted by Crippen LogP contribution is 2.22. The van der Waals surface area contributed by atoms with Crippen LogP contribution >= 0.6 is 0 Å². The Kier molecular flexibility index (Phi) is 4.77. The third-order valence-corrected chi connectivity index (χ3v) is 3.17. The second kappa shape index (κ2) is 6.75. The van der Waals surface area contributed by atoms with E-state index in [0.29, 0.717) is 12.2 Å². The van der Waals surface area contributed by atoms with E-state index in [0.717, 1.165) is 29.8 Å². The fourth-order valence-corrected chi connectivity index (χ4v) is 1.97. The highest BCUT2D eigenvalue weighted by atomic mass is 16.5. The van der Waals surface area contributed by atoms with Gasteiger partial charge < -0.3 is 9.47 Å². The lowest BCUT2D eigenvalue weighted by atomic mass is 10.1. The summed E-state index contributed by atoms with van der Waals surface area (Å²) in [7, 11) is 1.61. The van der Waals surface area contributed by atoms with Crippen LogP contribution in [0.4, 0.5) is 0 Å². The number of carbonyl (C=O) groups excluding carboxylic acids is 1. The quantitative estimate of drug-likeness (QED) is 0.752. The molecule has 0 aliphatic rings. The van der Waals surface area contributed by atoms with Gasteiger partial charge in [0, 0.05) is 11.1 Å². The molecule has 0 radical (unpaired) electrons. The van der Waals surface area contributed by atoms with Crippen molar-refractivity contribution in [1.82, 2.24) is 0 Å². The van der Waals surface area contributed by atoms with Crippen LogP contribution in [0.1, 0.15) is 28.4 Å². The topological polar surface area (TPSA) is 35.5 Å². The zero-order valence-corrected chi connectivity index (χ0v) is 11.8. The third-order valence-electron chi connectivity index (χ3n) is 3.17. The molecular weight excluding hydrogens is 252 g/mol. The van der Waals surface area contributed by atoms with Crippen LogP contribution in [0.3, 0.4) is 0 Å². The van der Waals surface area contributed by atoms with E-state index in [2.05, 4.69) is 19.1 Å². The number of ether oxygens (including phenoxy) is 2. The van der Waals surface area contributed by atoms with E-state index in [1.54, 1.807) is 25.3 Å². The number of aryl methyl sites for hydroxylation is 1. The summed E-state index contributed by atoms with van der Waals surface area (Å²) in [4.78, 5) is 10.8. The van der Waals surface area contributed by atoms with Gasteiger partial charge in [0.05, 0.1) is 7.11 Å². The molecule has 0 aliphatic heterocycles. The first-order chi connectivity index (χ1) is 9.76. The molecule has 0 atom stereocenters. The summed E-state index contributed by atoms with van der Waals surface area (Å²) < 4.78 is 11.0. The number of methoxy groups -OCH3 is 1. The summed E-state index contributed by atoms with van der Waals surface area (Å²) in [5.41, 5.74) is 2.75. The van der Waals surface area contributed by atoms with Crippen LogP contribution in [0, 0.1) is 0 Å². The zero-order valence-electron chi connectivity index (χ0n) is 11.8. The van der Waals surface area contributed by atoms with Gasteiger partial charge in [-0.05, 0) is 42.3 Å². The summed E-state index contributed by atoms with van der Waals surface area (Å²) in [5, 5.41) is 0. The summed E-state index contributed by atoms with van der Waals surface area (Å²) in [6.45, 7) is 2.49.